The minimum Gasteiger partial charge on any atom is -0.328 e. The van der Waals surface area contributed by atoms with Gasteiger partial charge in [0.25, 0.3) is 0 Å². The summed E-state index contributed by atoms with van der Waals surface area (Å²) >= 11 is 0. The van der Waals surface area contributed by atoms with Gasteiger partial charge in [0.05, 0.1) is 0 Å². The van der Waals surface area contributed by atoms with Crippen LogP contribution in [0.3, 0.4) is 0 Å². The predicted octanol–water partition coefficient (Wildman–Crippen LogP) is 1.02. The number of amides is 1. The van der Waals surface area contributed by atoms with E-state index < -0.39 is 0 Å². The average Bonchev–Trinajstić information content (AvgIpc) is 2.21. The Morgan fingerprint density at radius 3 is 2.79 bits per heavy atom. The molecular formula is C12H13NO. The first kappa shape index (κ1) is 10.3. The van der Waals surface area contributed by atoms with Gasteiger partial charge in [0.1, 0.15) is 0 Å². The lowest BCUT2D eigenvalue weighted by atomic mass is 10.2. The molecule has 0 saturated heterocycles. The molecule has 14 heavy (non-hydrogen) atoms. The fourth-order valence-corrected chi connectivity index (χ4v) is 1.33. The van der Waals surface area contributed by atoms with Crippen molar-refractivity contribution in [2.24, 2.45) is 0 Å². The maximum absolute atomic E-state index is 10.4. The molecule has 0 aliphatic rings. The van der Waals surface area contributed by atoms with Gasteiger partial charge in [-0.25, -0.2) is 0 Å². The van der Waals surface area contributed by atoms with Crippen molar-refractivity contribution in [1.29, 1.82) is 0 Å². The van der Waals surface area contributed by atoms with Crippen LogP contribution in [-0.4, -0.2) is 6.41 Å². The van der Waals surface area contributed by atoms with Gasteiger partial charge in [0.15, 0.2) is 0 Å². The van der Waals surface area contributed by atoms with Gasteiger partial charge in [0, 0.05) is 10.9 Å². The summed E-state index contributed by atoms with van der Waals surface area (Å²) in [5, 5.41) is 4.72. The van der Waals surface area contributed by atoms with Crippen molar-refractivity contribution < 1.29 is 4.79 Å². The molecule has 1 aromatic carbocycles. The van der Waals surface area contributed by atoms with Crippen LogP contribution in [0.2, 0.25) is 0 Å². The molecule has 0 aliphatic heterocycles. The van der Waals surface area contributed by atoms with Gasteiger partial charge in [-0.15, -0.1) is 0 Å². The van der Waals surface area contributed by atoms with Crippen LogP contribution in [0.1, 0.15) is 6.92 Å². The maximum Gasteiger partial charge on any atom is 0.211 e. The normalized spacial score (nSPS) is 12.6. The molecule has 1 aromatic rings. The second-order valence-electron chi connectivity index (χ2n) is 2.76. The van der Waals surface area contributed by atoms with Gasteiger partial charge in [-0.3, -0.25) is 4.79 Å². The summed E-state index contributed by atoms with van der Waals surface area (Å²) in [5.74, 6) is 0. The van der Waals surface area contributed by atoms with Crippen molar-refractivity contribution >= 4 is 24.2 Å². The van der Waals surface area contributed by atoms with Gasteiger partial charge in [-0.1, -0.05) is 36.9 Å². The number of hydrogen-bond acceptors (Lipinski definition) is 1. The third-order valence-electron chi connectivity index (χ3n) is 1.95. The van der Waals surface area contributed by atoms with E-state index in [4.69, 9.17) is 0 Å². The highest BCUT2D eigenvalue weighted by atomic mass is 16.1. The van der Waals surface area contributed by atoms with Gasteiger partial charge in [-0.05, 0) is 18.2 Å². The van der Waals surface area contributed by atoms with E-state index in [1.165, 1.54) is 0 Å². The molecule has 0 bridgehead atoms. The third kappa shape index (κ3) is 2.10. The molecule has 0 saturated carbocycles. The molecule has 0 aliphatic carbocycles. The number of carbonyl (C=O) groups excluding carboxylic acids is 1. The molecule has 1 amide bonds. The highest BCUT2D eigenvalue weighted by Crippen LogP contribution is 1.93. The summed E-state index contributed by atoms with van der Waals surface area (Å²) in [4.78, 5) is 10.4. The summed E-state index contributed by atoms with van der Waals surface area (Å²) in [6.07, 6.45) is 6.25. The predicted molar refractivity (Wildman–Crippen MR) is 60.2 cm³/mol. The average molecular weight is 187 g/mol. The zero-order valence-electron chi connectivity index (χ0n) is 8.16. The lowest BCUT2D eigenvalue weighted by molar-refractivity contribution is -0.105. The topological polar surface area (TPSA) is 29.1 Å². The van der Waals surface area contributed by atoms with Crippen LogP contribution < -0.4 is 15.8 Å². The lowest BCUT2D eigenvalue weighted by Gasteiger charge is -1.99. The van der Waals surface area contributed by atoms with Gasteiger partial charge in [0.2, 0.25) is 6.41 Å². The lowest BCUT2D eigenvalue weighted by Crippen LogP contribution is -2.27. The molecule has 0 unspecified atom stereocenters. The Hall–Kier alpha value is -1.83. The van der Waals surface area contributed by atoms with Crippen molar-refractivity contribution in [2.75, 3.05) is 5.32 Å². The first-order valence-electron chi connectivity index (χ1n) is 4.41. The Morgan fingerprint density at radius 2 is 2.21 bits per heavy atom. The van der Waals surface area contributed by atoms with Gasteiger partial charge >= 0.3 is 0 Å². The minimum atomic E-state index is 0.676. The number of anilines is 1. The van der Waals surface area contributed by atoms with Gasteiger partial charge in [-0.2, -0.15) is 0 Å². The van der Waals surface area contributed by atoms with Crippen LogP contribution in [-0.2, 0) is 4.79 Å². The Morgan fingerprint density at radius 1 is 1.43 bits per heavy atom. The monoisotopic (exact) mass is 187 g/mol. The molecular weight excluding hydrogens is 174 g/mol. The molecule has 2 nitrogen and oxygen atoms in total. The number of benzene rings is 1. The minimum absolute atomic E-state index is 0.676. The Labute approximate surface area is 83.3 Å². The van der Waals surface area contributed by atoms with Crippen LogP contribution in [0, 0.1) is 0 Å². The Kier molecular flexibility index (Phi) is 3.68. The highest BCUT2D eigenvalue weighted by Gasteiger charge is 1.92. The van der Waals surface area contributed by atoms with E-state index in [1.54, 1.807) is 6.08 Å². The third-order valence-corrected chi connectivity index (χ3v) is 1.95. The van der Waals surface area contributed by atoms with Crippen molar-refractivity contribution in [2.45, 2.75) is 6.92 Å². The van der Waals surface area contributed by atoms with Crippen molar-refractivity contribution in [3.8, 4) is 0 Å². The number of allylic oxidation sites excluding steroid dienone is 1. The SMILES string of the molecule is C=C/C=c1/c(NC=O)ccc/c1=C/C. The Balaban J connectivity index is 3.52. The summed E-state index contributed by atoms with van der Waals surface area (Å²) in [6, 6.07) is 5.75. The van der Waals surface area contributed by atoms with E-state index >= 15 is 0 Å². The standard InChI is InChI=1S/C12H13NO/c1-3-6-11-10(4-2)7-5-8-12(11)13-9-14/h3-9H,1H2,2H3,(H,13,14)/b10-4-,11-6+. The molecule has 72 valence electrons. The quantitative estimate of drug-likeness (QED) is 0.703. The molecule has 0 atom stereocenters. The van der Waals surface area contributed by atoms with E-state index in [0.717, 1.165) is 16.1 Å². The zero-order chi connectivity index (χ0) is 10.4. The summed E-state index contributed by atoms with van der Waals surface area (Å²) in [6.45, 7) is 5.61. The summed E-state index contributed by atoms with van der Waals surface area (Å²) in [5.41, 5.74) is 0.801. The van der Waals surface area contributed by atoms with E-state index in [2.05, 4.69) is 11.9 Å². The number of hydrogen-bond donors (Lipinski definition) is 1. The molecule has 0 aromatic heterocycles. The van der Waals surface area contributed by atoms with E-state index in [-0.39, 0.29) is 0 Å². The highest BCUT2D eigenvalue weighted by molar-refractivity contribution is 5.72. The van der Waals surface area contributed by atoms with Crippen LogP contribution in [0.15, 0.2) is 30.9 Å². The van der Waals surface area contributed by atoms with E-state index in [0.29, 0.717) is 6.41 Å². The van der Waals surface area contributed by atoms with Crippen LogP contribution in [0.25, 0.3) is 12.2 Å². The van der Waals surface area contributed by atoms with Crippen molar-refractivity contribution in [3.63, 3.8) is 0 Å². The fourth-order valence-electron chi connectivity index (χ4n) is 1.33. The number of carbonyl (C=O) groups is 1. The first-order valence-corrected chi connectivity index (χ1v) is 4.41. The Bertz CT molecular complexity index is 446. The van der Waals surface area contributed by atoms with Crippen LogP contribution in [0.5, 0.6) is 0 Å². The van der Waals surface area contributed by atoms with Crippen molar-refractivity contribution in [3.05, 3.63) is 41.3 Å². The maximum atomic E-state index is 10.4. The largest absolute Gasteiger partial charge is 0.328 e. The van der Waals surface area contributed by atoms with E-state index in [9.17, 15) is 4.79 Å². The number of nitrogens with one attached hydrogen (secondary N) is 1. The second kappa shape index (κ2) is 5.02. The fraction of sp³-hybridized carbons (Fsp3) is 0.0833. The molecule has 0 radical (unpaired) electrons. The first-order chi connectivity index (χ1) is 6.83. The molecule has 0 spiro atoms. The smallest absolute Gasteiger partial charge is 0.211 e. The molecule has 1 rings (SSSR count). The van der Waals surface area contributed by atoms with Gasteiger partial charge < -0.3 is 5.32 Å². The molecule has 2 heteroatoms. The van der Waals surface area contributed by atoms with Crippen molar-refractivity contribution in [1.82, 2.24) is 0 Å². The summed E-state index contributed by atoms with van der Waals surface area (Å²) < 4.78 is 0. The molecule has 1 N–H and O–H groups in total. The second-order valence-corrected chi connectivity index (χ2v) is 2.76. The molecule has 0 fully saturated rings. The summed E-state index contributed by atoms with van der Waals surface area (Å²) in [7, 11) is 0. The zero-order valence-corrected chi connectivity index (χ0v) is 8.16. The van der Waals surface area contributed by atoms with Crippen LogP contribution >= 0.6 is 0 Å². The number of rotatable bonds is 3. The van der Waals surface area contributed by atoms with E-state index in [1.807, 2.05) is 37.3 Å². The molecule has 0 heterocycles. The van der Waals surface area contributed by atoms with Crippen LogP contribution in [0.4, 0.5) is 5.69 Å².